The van der Waals surface area contributed by atoms with Gasteiger partial charge in [0.2, 0.25) is 0 Å². The van der Waals surface area contributed by atoms with E-state index in [1.807, 2.05) is 6.07 Å². The Kier molecular flexibility index (Phi) is 3.63. The lowest BCUT2D eigenvalue weighted by Crippen LogP contribution is -2.38. The van der Waals surface area contributed by atoms with Gasteiger partial charge in [0, 0.05) is 23.9 Å². The van der Waals surface area contributed by atoms with Crippen LogP contribution in [0.4, 0.5) is 0 Å². The van der Waals surface area contributed by atoms with E-state index in [1.54, 1.807) is 10.7 Å². The Balaban J connectivity index is 1.90. The van der Waals surface area contributed by atoms with Crippen molar-refractivity contribution in [3.63, 3.8) is 0 Å². The van der Waals surface area contributed by atoms with Crippen LogP contribution in [-0.2, 0) is 0 Å². The van der Waals surface area contributed by atoms with Crippen LogP contribution >= 0.6 is 0 Å². The molecule has 0 radical (unpaired) electrons. The predicted octanol–water partition coefficient (Wildman–Crippen LogP) is 1.42. The van der Waals surface area contributed by atoms with Gasteiger partial charge in [-0.1, -0.05) is 0 Å². The van der Waals surface area contributed by atoms with Crippen LogP contribution in [0.1, 0.15) is 48.7 Å². The molecule has 0 spiro atoms. The standard InChI is InChI=1S/C15H21N5O/c1-10(2)19-7-4-11(5-8-19)13-3-6-17-15-12(14(16)21)9-18-20(13)15/h3,6,9-11H,4-5,7-8H2,1-2H3,(H2,16,21). The molecule has 0 unspecified atom stereocenters. The summed E-state index contributed by atoms with van der Waals surface area (Å²) in [5.74, 6) is -0.0320. The third-order valence-electron chi connectivity index (χ3n) is 4.37. The lowest BCUT2D eigenvalue weighted by Gasteiger charge is -2.34. The number of piperidine rings is 1. The number of carbonyl (C=O) groups is 1. The summed E-state index contributed by atoms with van der Waals surface area (Å²) in [6.45, 7) is 6.65. The lowest BCUT2D eigenvalue weighted by atomic mass is 9.92. The first kappa shape index (κ1) is 14.0. The van der Waals surface area contributed by atoms with Crippen molar-refractivity contribution in [2.45, 2.75) is 38.6 Å². The van der Waals surface area contributed by atoms with Crippen molar-refractivity contribution < 1.29 is 4.79 Å². The number of amides is 1. The van der Waals surface area contributed by atoms with E-state index >= 15 is 0 Å². The SMILES string of the molecule is CC(C)N1CCC(c2ccnc3c(C(N)=O)cnn23)CC1. The number of aromatic nitrogens is 3. The van der Waals surface area contributed by atoms with Crippen LogP contribution < -0.4 is 5.73 Å². The maximum absolute atomic E-state index is 11.4. The number of nitrogens with zero attached hydrogens (tertiary/aromatic N) is 4. The minimum absolute atomic E-state index is 0.386. The van der Waals surface area contributed by atoms with Crippen molar-refractivity contribution >= 4 is 11.6 Å². The average molecular weight is 287 g/mol. The third kappa shape index (κ3) is 2.51. The molecule has 21 heavy (non-hydrogen) atoms. The summed E-state index contributed by atoms with van der Waals surface area (Å²) in [7, 11) is 0. The molecule has 0 bridgehead atoms. The molecule has 1 amide bonds. The molecular formula is C15H21N5O. The molecule has 0 aliphatic carbocycles. The first-order valence-corrected chi connectivity index (χ1v) is 7.44. The maximum Gasteiger partial charge on any atom is 0.254 e. The van der Waals surface area contributed by atoms with Crippen molar-refractivity contribution in [3.05, 3.63) is 29.7 Å². The molecule has 1 aliphatic rings. The summed E-state index contributed by atoms with van der Waals surface area (Å²) in [5, 5.41) is 4.31. The van der Waals surface area contributed by atoms with Crippen molar-refractivity contribution in [2.75, 3.05) is 13.1 Å². The van der Waals surface area contributed by atoms with Crippen LogP contribution in [0.25, 0.3) is 5.65 Å². The van der Waals surface area contributed by atoms with Gasteiger partial charge in [-0.3, -0.25) is 4.79 Å². The van der Waals surface area contributed by atoms with Gasteiger partial charge in [-0.25, -0.2) is 9.50 Å². The highest BCUT2D eigenvalue weighted by Gasteiger charge is 2.24. The molecule has 0 atom stereocenters. The Hall–Kier alpha value is -1.95. The van der Waals surface area contributed by atoms with Gasteiger partial charge in [0.05, 0.1) is 6.20 Å². The van der Waals surface area contributed by atoms with Crippen molar-refractivity contribution in [3.8, 4) is 0 Å². The Bertz CT molecular complexity index is 655. The molecule has 1 saturated heterocycles. The molecule has 6 heteroatoms. The fourth-order valence-electron chi connectivity index (χ4n) is 3.10. The Morgan fingerprint density at radius 1 is 1.38 bits per heavy atom. The minimum atomic E-state index is -0.482. The van der Waals surface area contributed by atoms with E-state index in [2.05, 4.69) is 28.8 Å². The number of likely N-dealkylation sites (tertiary alicyclic amines) is 1. The van der Waals surface area contributed by atoms with Gasteiger partial charge in [-0.05, 0) is 45.8 Å². The zero-order valence-corrected chi connectivity index (χ0v) is 12.5. The number of fused-ring (bicyclic) bond motifs is 1. The second kappa shape index (κ2) is 5.44. The number of rotatable bonds is 3. The Morgan fingerprint density at radius 2 is 2.10 bits per heavy atom. The molecule has 112 valence electrons. The number of primary amides is 1. The highest BCUT2D eigenvalue weighted by molar-refractivity contribution is 5.98. The fourth-order valence-corrected chi connectivity index (χ4v) is 3.10. The van der Waals surface area contributed by atoms with Crippen LogP contribution in [0.3, 0.4) is 0 Å². The van der Waals surface area contributed by atoms with Gasteiger partial charge in [-0.15, -0.1) is 0 Å². The van der Waals surface area contributed by atoms with E-state index in [-0.39, 0.29) is 0 Å². The van der Waals surface area contributed by atoms with E-state index in [9.17, 15) is 4.79 Å². The molecule has 3 heterocycles. The van der Waals surface area contributed by atoms with E-state index < -0.39 is 5.91 Å². The Morgan fingerprint density at radius 3 is 2.71 bits per heavy atom. The van der Waals surface area contributed by atoms with E-state index in [0.717, 1.165) is 31.6 Å². The lowest BCUT2D eigenvalue weighted by molar-refractivity contribution is 0.100. The second-order valence-corrected chi connectivity index (χ2v) is 5.93. The summed E-state index contributed by atoms with van der Waals surface area (Å²) in [6.07, 6.45) is 5.46. The molecular weight excluding hydrogens is 266 g/mol. The fraction of sp³-hybridized carbons (Fsp3) is 0.533. The predicted molar refractivity (Wildman–Crippen MR) is 80.2 cm³/mol. The monoisotopic (exact) mass is 287 g/mol. The Labute approximate surface area is 123 Å². The van der Waals surface area contributed by atoms with E-state index in [0.29, 0.717) is 23.2 Å². The zero-order chi connectivity index (χ0) is 15.0. The van der Waals surface area contributed by atoms with Crippen molar-refractivity contribution in [1.29, 1.82) is 0 Å². The van der Waals surface area contributed by atoms with Crippen LogP contribution in [0.2, 0.25) is 0 Å². The van der Waals surface area contributed by atoms with Gasteiger partial charge in [0.1, 0.15) is 5.56 Å². The summed E-state index contributed by atoms with van der Waals surface area (Å²) in [4.78, 5) is 18.1. The van der Waals surface area contributed by atoms with E-state index in [1.165, 1.54) is 6.20 Å². The smallest absolute Gasteiger partial charge is 0.254 e. The molecule has 2 aromatic heterocycles. The number of hydrogen-bond donors (Lipinski definition) is 1. The number of carbonyl (C=O) groups excluding carboxylic acids is 1. The van der Waals surface area contributed by atoms with Crippen LogP contribution in [-0.4, -0.2) is 44.5 Å². The molecule has 1 fully saturated rings. The normalized spacial score (nSPS) is 17.7. The van der Waals surface area contributed by atoms with Crippen molar-refractivity contribution in [1.82, 2.24) is 19.5 Å². The summed E-state index contributed by atoms with van der Waals surface area (Å²) >= 11 is 0. The van der Waals surface area contributed by atoms with Gasteiger partial charge in [-0.2, -0.15) is 5.10 Å². The molecule has 3 rings (SSSR count). The van der Waals surface area contributed by atoms with Gasteiger partial charge < -0.3 is 10.6 Å². The first-order chi connectivity index (χ1) is 10.1. The zero-order valence-electron chi connectivity index (χ0n) is 12.5. The third-order valence-corrected chi connectivity index (χ3v) is 4.37. The topological polar surface area (TPSA) is 76.5 Å². The molecule has 2 aromatic rings. The number of hydrogen-bond acceptors (Lipinski definition) is 4. The quantitative estimate of drug-likeness (QED) is 0.926. The van der Waals surface area contributed by atoms with Crippen LogP contribution in [0.5, 0.6) is 0 Å². The summed E-state index contributed by atoms with van der Waals surface area (Å²) in [5.41, 5.74) is 7.43. The summed E-state index contributed by atoms with van der Waals surface area (Å²) in [6, 6.07) is 2.59. The molecule has 0 saturated carbocycles. The molecule has 2 N–H and O–H groups in total. The van der Waals surface area contributed by atoms with E-state index in [4.69, 9.17) is 5.73 Å². The largest absolute Gasteiger partial charge is 0.365 e. The van der Waals surface area contributed by atoms with Crippen LogP contribution in [0, 0.1) is 0 Å². The van der Waals surface area contributed by atoms with Gasteiger partial charge in [0.25, 0.3) is 5.91 Å². The average Bonchev–Trinajstić information content (AvgIpc) is 2.91. The molecule has 1 aliphatic heterocycles. The highest BCUT2D eigenvalue weighted by atomic mass is 16.1. The van der Waals surface area contributed by atoms with Crippen molar-refractivity contribution in [2.24, 2.45) is 5.73 Å². The maximum atomic E-state index is 11.4. The van der Waals surface area contributed by atoms with Gasteiger partial charge in [0.15, 0.2) is 5.65 Å². The highest BCUT2D eigenvalue weighted by Crippen LogP contribution is 2.29. The first-order valence-electron chi connectivity index (χ1n) is 7.44. The molecule has 0 aromatic carbocycles. The van der Waals surface area contributed by atoms with Crippen LogP contribution in [0.15, 0.2) is 18.5 Å². The minimum Gasteiger partial charge on any atom is -0.365 e. The van der Waals surface area contributed by atoms with Gasteiger partial charge >= 0.3 is 0 Å². The molecule has 6 nitrogen and oxygen atoms in total. The number of nitrogens with two attached hydrogens (primary N) is 1. The second-order valence-electron chi connectivity index (χ2n) is 5.93. The summed E-state index contributed by atoms with van der Waals surface area (Å²) < 4.78 is 1.77.